The summed E-state index contributed by atoms with van der Waals surface area (Å²) < 4.78 is 9.43. The van der Waals surface area contributed by atoms with E-state index >= 15 is 0 Å². The third kappa shape index (κ3) is 6.48. The summed E-state index contributed by atoms with van der Waals surface area (Å²) >= 11 is 1.36. The predicted molar refractivity (Wildman–Crippen MR) is 101 cm³/mol. The van der Waals surface area contributed by atoms with Crippen molar-refractivity contribution in [3.05, 3.63) is 52.5 Å². The number of thiazole rings is 1. The molecule has 0 unspecified atom stereocenters. The van der Waals surface area contributed by atoms with Crippen LogP contribution in [0.4, 0.5) is 5.13 Å². The fraction of sp³-hybridized carbons (Fsp3) is 0.222. The van der Waals surface area contributed by atoms with Crippen molar-refractivity contribution in [2.24, 2.45) is 5.10 Å². The van der Waals surface area contributed by atoms with Gasteiger partial charge in [-0.05, 0) is 24.1 Å². The number of aromatic nitrogens is 1. The summed E-state index contributed by atoms with van der Waals surface area (Å²) in [5, 5.41) is 6.51. The molecule has 7 nitrogen and oxygen atoms in total. The van der Waals surface area contributed by atoms with E-state index < -0.39 is 5.97 Å². The molecule has 8 heteroatoms. The quantitative estimate of drug-likeness (QED) is 0.331. The standard InChI is InChI=1S/C18H19N3O4S/c1-3-25-17(23)10-15-12-26-18(20-15)21-19-11-14-6-4-13(5-7-14)8-9-16(22)24-2/h4-9,11-12H,3,10H2,1-2H3,(H,20,21). The topological polar surface area (TPSA) is 89.9 Å². The highest BCUT2D eigenvalue weighted by molar-refractivity contribution is 7.13. The molecule has 1 heterocycles. The molecule has 0 atom stereocenters. The first-order valence-corrected chi connectivity index (χ1v) is 8.74. The molecular formula is C18H19N3O4S. The molecule has 0 aliphatic carbocycles. The van der Waals surface area contributed by atoms with Crippen LogP contribution < -0.4 is 5.43 Å². The second kappa shape index (κ2) is 10.1. The lowest BCUT2D eigenvalue weighted by molar-refractivity contribution is -0.142. The third-order valence-electron chi connectivity index (χ3n) is 3.11. The van der Waals surface area contributed by atoms with Crippen LogP contribution in [0.5, 0.6) is 0 Å². The van der Waals surface area contributed by atoms with Gasteiger partial charge in [0.1, 0.15) is 0 Å². The van der Waals surface area contributed by atoms with Gasteiger partial charge < -0.3 is 9.47 Å². The molecule has 0 amide bonds. The third-order valence-corrected chi connectivity index (χ3v) is 3.90. The van der Waals surface area contributed by atoms with E-state index in [1.54, 1.807) is 24.6 Å². The van der Waals surface area contributed by atoms with Gasteiger partial charge in [0.05, 0.1) is 32.0 Å². The van der Waals surface area contributed by atoms with Crippen LogP contribution in [0.3, 0.4) is 0 Å². The van der Waals surface area contributed by atoms with Gasteiger partial charge in [-0.1, -0.05) is 24.3 Å². The predicted octanol–water partition coefficient (Wildman–Crippen LogP) is 2.88. The fourth-order valence-electron chi connectivity index (χ4n) is 1.89. The molecule has 0 aliphatic heterocycles. The Hall–Kier alpha value is -3.00. The van der Waals surface area contributed by atoms with E-state index in [1.165, 1.54) is 24.5 Å². The van der Waals surface area contributed by atoms with Gasteiger partial charge >= 0.3 is 11.9 Å². The Morgan fingerprint density at radius 2 is 2.00 bits per heavy atom. The number of hydrogen-bond donors (Lipinski definition) is 1. The average Bonchev–Trinajstić information content (AvgIpc) is 3.08. The molecule has 1 aromatic heterocycles. The number of carbonyl (C=O) groups excluding carboxylic acids is 2. The first-order chi connectivity index (χ1) is 12.6. The number of rotatable bonds is 8. The van der Waals surface area contributed by atoms with E-state index in [0.717, 1.165) is 11.1 Å². The number of nitrogens with one attached hydrogen (secondary N) is 1. The molecule has 26 heavy (non-hydrogen) atoms. The minimum Gasteiger partial charge on any atom is -0.466 e. The molecule has 0 radical (unpaired) electrons. The number of ether oxygens (including phenoxy) is 2. The first kappa shape index (κ1) is 19.3. The van der Waals surface area contributed by atoms with E-state index in [0.29, 0.717) is 17.4 Å². The van der Waals surface area contributed by atoms with E-state index in [1.807, 2.05) is 24.3 Å². The fourth-order valence-corrected chi connectivity index (χ4v) is 2.55. The van der Waals surface area contributed by atoms with Gasteiger partial charge in [0, 0.05) is 11.5 Å². The zero-order valence-electron chi connectivity index (χ0n) is 14.5. The molecule has 0 saturated heterocycles. The van der Waals surface area contributed by atoms with E-state index in [4.69, 9.17) is 4.74 Å². The second-order valence-corrected chi connectivity index (χ2v) is 5.88. The summed E-state index contributed by atoms with van der Waals surface area (Å²) in [5.41, 5.74) is 5.24. The number of nitrogens with zero attached hydrogens (tertiary/aromatic N) is 2. The highest BCUT2D eigenvalue weighted by atomic mass is 32.1. The van der Waals surface area contributed by atoms with Gasteiger partial charge in [-0.2, -0.15) is 5.10 Å². The van der Waals surface area contributed by atoms with Crippen molar-refractivity contribution >= 4 is 40.7 Å². The number of methoxy groups -OCH3 is 1. The molecule has 1 N–H and O–H groups in total. The Morgan fingerprint density at radius 3 is 2.69 bits per heavy atom. The number of esters is 2. The van der Waals surface area contributed by atoms with Crippen molar-refractivity contribution in [2.45, 2.75) is 13.3 Å². The molecule has 1 aromatic carbocycles. The van der Waals surface area contributed by atoms with Crippen molar-refractivity contribution in [3.63, 3.8) is 0 Å². The lowest BCUT2D eigenvalue weighted by Crippen LogP contribution is -2.07. The van der Waals surface area contributed by atoms with Gasteiger partial charge in [0.25, 0.3) is 0 Å². The van der Waals surface area contributed by atoms with Gasteiger partial charge in [0.15, 0.2) is 0 Å². The summed E-state index contributed by atoms with van der Waals surface area (Å²) in [6.07, 6.45) is 4.84. The number of hydrogen-bond acceptors (Lipinski definition) is 8. The molecule has 0 spiro atoms. The SMILES string of the molecule is CCOC(=O)Cc1csc(NN=Cc2ccc(C=CC(=O)OC)cc2)n1. The van der Waals surface area contributed by atoms with Crippen LogP contribution in [0.15, 0.2) is 40.8 Å². The van der Waals surface area contributed by atoms with E-state index in [-0.39, 0.29) is 12.4 Å². The van der Waals surface area contributed by atoms with Crippen molar-refractivity contribution < 1.29 is 19.1 Å². The smallest absolute Gasteiger partial charge is 0.330 e. The van der Waals surface area contributed by atoms with Crippen molar-refractivity contribution in [3.8, 4) is 0 Å². The van der Waals surface area contributed by atoms with E-state index in [2.05, 4.69) is 20.2 Å². The molecular weight excluding hydrogens is 354 g/mol. The average molecular weight is 373 g/mol. The van der Waals surface area contributed by atoms with Gasteiger partial charge in [-0.15, -0.1) is 11.3 Å². The normalized spacial score (nSPS) is 11.0. The number of carbonyl (C=O) groups is 2. The molecule has 0 saturated carbocycles. The van der Waals surface area contributed by atoms with Gasteiger partial charge in [0.2, 0.25) is 5.13 Å². The van der Waals surface area contributed by atoms with Gasteiger partial charge in [-0.25, -0.2) is 9.78 Å². The van der Waals surface area contributed by atoms with Crippen molar-refractivity contribution in [2.75, 3.05) is 19.1 Å². The lowest BCUT2D eigenvalue weighted by Gasteiger charge is -1.98. The Kier molecular flexibility index (Phi) is 7.50. The van der Waals surface area contributed by atoms with E-state index in [9.17, 15) is 9.59 Å². The summed E-state index contributed by atoms with van der Waals surface area (Å²) in [6.45, 7) is 2.12. The highest BCUT2D eigenvalue weighted by Gasteiger charge is 2.07. The van der Waals surface area contributed by atoms with Crippen molar-refractivity contribution in [1.82, 2.24) is 4.98 Å². The largest absolute Gasteiger partial charge is 0.466 e. The van der Waals surface area contributed by atoms with Crippen LogP contribution in [0.25, 0.3) is 6.08 Å². The first-order valence-electron chi connectivity index (χ1n) is 7.86. The Bertz CT molecular complexity index is 797. The Balaban J connectivity index is 1.86. The maximum absolute atomic E-state index is 11.4. The minimum atomic E-state index is -0.398. The molecule has 0 fully saturated rings. The highest BCUT2D eigenvalue weighted by Crippen LogP contribution is 2.16. The molecule has 0 bridgehead atoms. The molecule has 2 rings (SSSR count). The number of benzene rings is 1. The second-order valence-electron chi connectivity index (χ2n) is 5.02. The van der Waals surface area contributed by atoms with Crippen molar-refractivity contribution in [1.29, 1.82) is 0 Å². The summed E-state index contributed by atoms with van der Waals surface area (Å²) in [7, 11) is 1.33. The zero-order chi connectivity index (χ0) is 18.8. The molecule has 0 aliphatic rings. The maximum atomic E-state index is 11.4. The summed E-state index contributed by atoms with van der Waals surface area (Å²) in [5.74, 6) is -0.695. The zero-order valence-corrected chi connectivity index (χ0v) is 15.3. The minimum absolute atomic E-state index is 0.149. The molecule has 2 aromatic rings. The van der Waals surface area contributed by atoms with Crippen LogP contribution in [0.1, 0.15) is 23.7 Å². The Labute approximate surface area is 155 Å². The maximum Gasteiger partial charge on any atom is 0.330 e. The lowest BCUT2D eigenvalue weighted by atomic mass is 10.1. The monoisotopic (exact) mass is 373 g/mol. The van der Waals surface area contributed by atoms with Crippen LogP contribution >= 0.6 is 11.3 Å². The summed E-state index contributed by atoms with van der Waals surface area (Å²) in [6, 6.07) is 7.47. The van der Waals surface area contributed by atoms with Crippen LogP contribution in [-0.4, -0.2) is 36.9 Å². The number of hydrazone groups is 1. The van der Waals surface area contributed by atoms with Gasteiger partial charge in [-0.3, -0.25) is 10.2 Å². The van der Waals surface area contributed by atoms with Crippen LogP contribution in [0, 0.1) is 0 Å². The molecule has 136 valence electrons. The Morgan fingerprint density at radius 1 is 1.27 bits per heavy atom. The van der Waals surface area contributed by atoms with Crippen LogP contribution in [0.2, 0.25) is 0 Å². The summed E-state index contributed by atoms with van der Waals surface area (Å²) in [4.78, 5) is 26.7. The van der Waals surface area contributed by atoms with Crippen LogP contribution in [-0.2, 0) is 25.5 Å². The number of anilines is 1.